The highest BCUT2D eigenvalue weighted by Crippen LogP contribution is 2.41. The molecule has 2 heterocycles. The second-order valence-corrected chi connectivity index (χ2v) is 9.67. The van der Waals surface area contributed by atoms with Gasteiger partial charge in [-0.05, 0) is 45.0 Å². The van der Waals surface area contributed by atoms with E-state index in [9.17, 15) is 14.7 Å². The van der Waals surface area contributed by atoms with Crippen LogP contribution < -0.4 is 36.3 Å². The van der Waals surface area contributed by atoms with Gasteiger partial charge in [-0.3, -0.25) is 15.6 Å². The molecular formula is C26H28N8O7. The Morgan fingerprint density at radius 2 is 1.90 bits per heavy atom. The summed E-state index contributed by atoms with van der Waals surface area (Å²) in [6.07, 6.45) is -1.26. The van der Waals surface area contributed by atoms with Crippen molar-refractivity contribution < 1.29 is 33.6 Å². The zero-order valence-corrected chi connectivity index (χ0v) is 22.3. The quantitative estimate of drug-likeness (QED) is 0.118. The molecule has 0 aliphatic carbocycles. The number of nitrogen functional groups attached to an aromatic ring is 1. The predicted molar refractivity (Wildman–Crippen MR) is 147 cm³/mol. The summed E-state index contributed by atoms with van der Waals surface area (Å²) >= 11 is 0. The Labute approximate surface area is 233 Å². The number of anilines is 2. The lowest BCUT2D eigenvalue weighted by Crippen LogP contribution is -2.40. The van der Waals surface area contributed by atoms with Crippen LogP contribution in [0.15, 0.2) is 42.5 Å². The van der Waals surface area contributed by atoms with Crippen molar-refractivity contribution in [2.45, 2.75) is 32.5 Å². The molecule has 1 aromatic heterocycles. The van der Waals surface area contributed by atoms with E-state index in [1.165, 1.54) is 24.3 Å². The molecule has 0 spiro atoms. The summed E-state index contributed by atoms with van der Waals surface area (Å²) in [5.41, 5.74) is 10.8. The number of aliphatic hydroxyl groups excluding tert-OH is 1. The summed E-state index contributed by atoms with van der Waals surface area (Å²) < 4.78 is 22.8. The number of benzene rings is 2. The zero-order chi connectivity index (χ0) is 29.9. The number of nitrogens with two attached hydrogens (primary N) is 2. The minimum absolute atomic E-state index is 0.0148. The molecule has 1 atom stereocenters. The third kappa shape index (κ3) is 6.96. The van der Waals surface area contributed by atoms with Gasteiger partial charge in [0.2, 0.25) is 12.0 Å². The Bertz CT molecular complexity index is 1540. The van der Waals surface area contributed by atoms with E-state index >= 15 is 0 Å². The maximum atomic E-state index is 13.0. The molecule has 9 N–H and O–H groups in total. The smallest absolute Gasteiger partial charge is 0.342 e. The topological polar surface area (TPSA) is 241 Å². The minimum atomic E-state index is -1.26. The molecule has 15 heteroatoms. The van der Waals surface area contributed by atoms with Gasteiger partial charge in [0.1, 0.15) is 28.5 Å². The van der Waals surface area contributed by atoms with Crippen molar-refractivity contribution in [2.75, 3.05) is 17.2 Å². The average molecular weight is 565 g/mol. The number of carbonyl (C=O) groups excluding carboxylic acids is 2. The fraction of sp³-hybridized carbons (Fsp3) is 0.231. The first kappa shape index (κ1) is 28.6. The predicted octanol–water partition coefficient (Wildman–Crippen LogP) is 2.30. The first-order valence-corrected chi connectivity index (χ1v) is 12.1. The molecule has 0 saturated carbocycles. The number of amides is 1. The molecule has 1 aliphatic rings. The number of amidine groups is 1. The van der Waals surface area contributed by atoms with E-state index in [2.05, 4.69) is 20.6 Å². The van der Waals surface area contributed by atoms with Crippen molar-refractivity contribution in [1.82, 2.24) is 9.97 Å². The lowest BCUT2D eigenvalue weighted by Gasteiger charge is -2.25. The van der Waals surface area contributed by atoms with Gasteiger partial charge in [-0.2, -0.15) is 9.97 Å². The van der Waals surface area contributed by atoms with Crippen LogP contribution in [0.25, 0.3) is 0 Å². The lowest BCUT2D eigenvalue weighted by atomic mass is 10.1. The van der Waals surface area contributed by atoms with Crippen LogP contribution in [0.4, 0.5) is 11.4 Å². The molecule has 3 aromatic rings. The molecule has 0 saturated heterocycles. The second-order valence-electron chi connectivity index (χ2n) is 9.67. The number of aromatic nitrogens is 2. The van der Waals surface area contributed by atoms with E-state index in [0.717, 1.165) is 0 Å². The molecule has 214 valence electrons. The SMILES string of the molecule is CC(C)(C)OC(=O)c1ccc(C(=N)N)cc1Oc1nc(Oc2cccc(NC(=N)N)c2)nc2c1NC(=O)C(CO)O2. The number of esters is 1. The third-order valence-corrected chi connectivity index (χ3v) is 5.22. The highest BCUT2D eigenvalue weighted by Gasteiger charge is 2.33. The van der Waals surface area contributed by atoms with E-state index in [1.807, 2.05) is 0 Å². The van der Waals surface area contributed by atoms with Gasteiger partial charge >= 0.3 is 12.0 Å². The summed E-state index contributed by atoms with van der Waals surface area (Å²) in [6, 6.07) is 10.3. The third-order valence-electron chi connectivity index (χ3n) is 5.22. The highest BCUT2D eigenvalue weighted by molar-refractivity contribution is 6.00. The van der Waals surface area contributed by atoms with Gasteiger partial charge < -0.3 is 46.2 Å². The first-order valence-electron chi connectivity index (χ1n) is 12.1. The van der Waals surface area contributed by atoms with Crippen molar-refractivity contribution in [3.63, 3.8) is 0 Å². The largest absolute Gasteiger partial charge is 0.460 e. The molecule has 0 radical (unpaired) electrons. The number of nitrogens with one attached hydrogen (secondary N) is 4. The Kier molecular flexibility index (Phi) is 7.91. The van der Waals surface area contributed by atoms with Crippen LogP contribution >= 0.6 is 0 Å². The van der Waals surface area contributed by atoms with Crippen molar-refractivity contribution in [3.05, 3.63) is 53.6 Å². The number of nitrogens with zero attached hydrogens (tertiary/aromatic N) is 2. The number of hydrogen-bond acceptors (Lipinski definition) is 11. The maximum absolute atomic E-state index is 13.0. The maximum Gasteiger partial charge on any atom is 0.342 e. The fourth-order valence-electron chi connectivity index (χ4n) is 3.50. The van der Waals surface area contributed by atoms with Gasteiger partial charge in [-0.1, -0.05) is 12.1 Å². The van der Waals surface area contributed by atoms with E-state index < -0.39 is 30.2 Å². The van der Waals surface area contributed by atoms with E-state index in [0.29, 0.717) is 5.69 Å². The number of aliphatic hydroxyl groups is 1. The normalized spacial score (nSPS) is 14.1. The van der Waals surface area contributed by atoms with Gasteiger partial charge in [0, 0.05) is 17.3 Å². The van der Waals surface area contributed by atoms with E-state index in [1.54, 1.807) is 39.0 Å². The number of guanidine groups is 1. The Morgan fingerprint density at radius 1 is 1.15 bits per heavy atom. The summed E-state index contributed by atoms with van der Waals surface area (Å²) in [4.78, 5) is 33.9. The van der Waals surface area contributed by atoms with Gasteiger partial charge in [0.05, 0.1) is 6.61 Å². The molecular weight excluding hydrogens is 536 g/mol. The standard InChI is InChI=1S/C26H28N8O7/c1-26(2,3)41-23(37)15-8-7-12(19(27)28)9-16(15)39-21-18-22(40-17(11-35)20(36)32-18)34-25(33-21)38-14-6-4-5-13(10-14)31-24(29)30/h4-10,17,35H,11H2,1-3H3,(H3,27,28)(H,32,36)(H4,29,30,31). The summed E-state index contributed by atoms with van der Waals surface area (Å²) in [6.45, 7) is 4.46. The molecule has 1 aliphatic heterocycles. The first-order chi connectivity index (χ1) is 19.3. The average Bonchev–Trinajstić information content (AvgIpc) is 2.87. The molecule has 1 amide bonds. The molecule has 1 unspecified atom stereocenters. The second kappa shape index (κ2) is 11.4. The Balaban J connectivity index is 1.79. The Hall–Kier alpha value is -5.44. The van der Waals surface area contributed by atoms with Crippen molar-refractivity contribution >= 4 is 35.0 Å². The van der Waals surface area contributed by atoms with Crippen LogP contribution in [0, 0.1) is 10.8 Å². The van der Waals surface area contributed by atoms with Crippen LogP contribution in [0.3, 0.4) is 0 Å². The Morgan fingerprint density at radius 3 is 2.56 bits per heavy atom. The minimum Gasteiger partial charge on any atom is -0.460 e. The van der Waals surface area contributed by atoms with Crippen molar-refractivity contribution in [2.24, 2.45) is 11.5 Å². The monoisotopic (exact) mass is 564 g/mol. The fourth-order valence-corrected chi connectivity index (χ4v) is 3.50. The molecule has 2 aromatic carbocycles. The van der Waals surface area contributed by atoms with Crippen LogP contribution in [-0.2, 0) is 9.53 Å². The van der Waals surface area contributed by atoms with Gasteiger partial charge in [-0.15, -0.1) is 0 Å². The van der Waals surface area contributed by atoms with Crippen molar-refractivity contribution in [1.29, 1.82) is 10.8 Å². The number of carbonyl (C=O) groups is 2. The molecule has 4 rings (SSSR count). The summed E-state index contributed by atoms with van der Waals surface area (Å²) in [5, 5.41) is 30.0. The summed E-state index contributed by atoms with van der Waals surface area (Å²) in [7, 11) is 0. The summed E-state index contributed by atoms with van der Waals surface area (Å²) in [5.74, 6) is -2.29. The van der Waals surface area contributed by atoms with Gasteiger partial charge in [0.15, 0.2) is 11.6 Å². The van der Waals surface area contributed by atoms with E-state index in [4.69, 9.17) is 41.2 Å². The highest BCUT2D eigenvalue weighted by atomic mass is 16.6. The zero-order valence-electron chi connectivity index (χ0n) is 22.3. The van der Waals surface area contributed by atoms with Crippen LogP contribution in [0.5, 0.6) is 29.3 Å². The number of ether oxygens (including phenoxy) is 4. The lowest BCUT2D eigenvalue weighted by molar-refractivity contribution is -0.125. The van der Waals surface area contributed by atoms with Crippen molar-refractivity contribution in [3.8, 4) is 29.3 Å². The van der Waals surface area contributed by atoms with Crippen LogP contribution in [-0.4, -0.2) is 57.1 Å². The van der Waals surface area contributed by atoms with E-state index in [-0.39, 0.29) is 57.9 Å². The van der Waals surface area contributed by atoms with Crippen LogP contribution in [0.2, 0.25) is 0 Å². The van der Waals surface area contributed by atoms with Crippen LogP contribution in [0.1, 0.15) is 36.7 Å². The number of fused-ring (bicyclic) bond motifs is 1. The number of rotatable bonds is 8. The van der Waals surface area contributed by atoms with Gasteiger partial charge in [-0.25, -0.2) is 4.79 Å². The molecule has 0 fully saturated rings. The molecule has 0 bridgehead atoms. The van der Waals surface area contributed by atoms with Gasteiger partial charge in [0.25, 0.3) is 11.8 Å². The molecule has 41 heavy (non-hydrogen) atoms. The molecule has 15 nitrogen and oxygen atoms in total. The number of hydrogen-bond donors (Lipinski definition) is 7.